The molecule has 2 heterocycles. The number of anilines is 1. The molecule has 0 unspecified atom stereocenters. The van der Waals surface area contributed by atoms with Gasteiger partial charge in [-0.3, -0.25) is 0 Å². The van der Waals surface area contributed by atoms with Crippen LogP contribution in [0, 0.1) is 0 Å². The van der Waals surface area contributed by atoms with Crippen molar-refractivity contribution in [3.05, 3.63) is 30.5 Å². The summed E-state index contributed by atoms with van der Waals surface area (Å²) in [6.07, 6.45) is 1.73. The highest BCUT2D eigenvalue weighted by atomic mass is 32.1. The number of aromatic nitrogens is 4. The summed E-state index contributed by atoms with van der Waals surface area (Å²) < 4.78 is 0. The molecule has 3 aromatic rings. The van der Waals surface area contributed by atoms with Crippen LogP contribution in [0.4, 0.5) is 5.13 Å². The van der Waals surface area contributed by atoms with Crippen LogP contribution in [0.2, 0.25) is 0 Å². The fourth-order valence-corrected chi connectivity index (χ4v) is 2.13. The Hall–Kier alpha value is -2.08. The van der Waals surface area contributed by atoms with Crippen molar-refractivity contribution in [1.29, 1.82) is 0 Å². The number of benzene rings is 1. The summed E-state index contributed by atoms with van der Waals surface area (Å²) in [5, 5.41) is 19.0. The van der Waals surface area contributed by atoms with E-state index in [0.29, 0.717) is 10.1 Å². The zero-order valence-electron chi connectivity index (χ0n) is 8.16. The average molecular weight is 229 g/mol. The third-order valence-electron chi connectivity index (χ3n) is 2.21. The van der Waals surface area contributed by atoms with E-state index >= 15 is 0 Å². The molecule has 0 atom stereocenters. The first-order valence-electron chi connectivity index (χ1n) is 4.64. The minimum Gasteiger partial charge on any atom is -0.374 e. The molecule has 0 amide bonds. The van der Waals surface area contributed by atoms with Gasteiger partial charge in [-0.1, -0.05) is 35.6 Å². The molecule has 0 fully saturated rings. The molecule has 1 aromatic carbocycles. The SMILES string of the molecule is Nc1nnc(-c2nncc3ccccc23)s1. The van der Waals surface area contributed by atoms with Gasteiger partial charge in [0.25, 0.3) is 0 Å². The summed E-state index contributed by atoms with van der Waals surface area (Å²) in [4.78, 5) is 0. The third kappa shape index (κ3) is 1.40. The van der Waals surface area contributed by atoms with E-state index in [4.69, 9.17) is 5.73 Å². The molecule has 3 rings (SSSR count). The Morgan fingerprint density at radius 2 is 1.94 bits per heavy atom. The minimum atomic E-state index is 0.435. The maximum absolute atomic E-state index is 5.56. The van der Waals surface area contributed by atoms with Crippen molar-refractivity contribution in [2.75, 3.05) is 5.73 Å². The molecule has 2 aromatic heterocycles. The predicted octanol–water partition coefficient (Wildman–Crippen LogP) is 1.73. The average Bonchev–Trinajstić information content (AvgIpc) is 2.75. The largest absolute Gasteiger partial charge is 0.374 e. The Labute approximate surface area is 95.0 Å². The Kier molecular flexibility index (Phi) is 2.00. The molecule has 6 heteroatoms. The van der Waals surface area contributed by atoms with E-state index in [1.54, 1.807) is 6.20 Å². The van der Waals surface area contributed by atoms with E-state index in [9.17, 15) is 0 Å². The molecule has 2 N–H and O–H groups in total. The summed E-state index contributed by atoms with van der Waals surface area (Å²) in [6.45, 7) is 0. The fourth-order valence-electron chi connectivity index (χ4n) is 1.52. The Morgan fingerprint density at radius 1 is 1.06 bits per heavy atom. The van der Waals surface area contributed by atoms with Gasteiger partial charge in [-0.15, -0.1) is 15.3 Å². The van der Waals surface area contributed by atoms with E-state index < -0.39 is 0 Å². The molecular weight excluding hydrogens is 222 g/mol. The normalized spacial score (nSPS) is 10.8. The first kappa shape index (κ1) is 9.17. The van der Waals surface area contributed by atoms with Gasteiger partial charge in [-0.25, -0.2) is 0 Å². The molecule has 0 saturated carbocycles. The zero-order valence-corrected chi connectivity index (χ0v) is 8.98. The monoisotopic (exact) mass is 229 g/mol. The molecule has 16 heavy (non-hydrogen) atoms. The van der Waals surface area contributed by atoms with Gasteiger partial charge >= 0.3 is 0 Å². The van der Waals surface area contributed by atoms with E-state index in [0.717, 1.165) is 16.5 Å². The van der Waals surface area contributed by atoms with E-state index in [1.807, 2.05) is 24.3 Å². The van der Waals surface area contributed by atoms with E-state index in [2.05, 4.69) is 20.4 Å². The smallest absolute Gasteiger partial charge is 0.203 e. The van der Waals surface area contributed by atoms with Crippen molar-refractivity contribution in [2.45, 2.75) is 0 Å². The quantitative estimate of drug-likeness (QED) is 0.687. The van der Waals surface area contributed by atoms with Gasteiger partial charge in [0.05, 0.1) is 6.20 Å². The Bertz CT molecular complexity index is 643. The van der Waals surface area contributed by atoms with Gasteiger partial charge in [-0.2, -0.15) is 5.10 Å². The van der Waals surface area contributed by atoms with Crippen LogP contribution in [-0.4, -0.2) is 20.4 Å². The number of nitrogens with zero attached hydrogens (tertiary/aromatic N) is 4. The number of fused-ring (bicyclic) bond motifs is 1. The number of nitrogen functional groups attached to an aromatic ring is 1. The second kappa shape index (κ2) is 3.49. The van der Waals surface area contributed by atoms with Crippen LogP contribution in [-0.2, 0) is 0 Å². The van der Waals surface area contributed by atoms with Crippen molar-refractivity contribution in [2.24, 2.45) is 0 Å². The van der Waals surface area contributed by atoms with Gasteiger partial charge in [-0.05, 0) is 0 Å². The summed E-state index contributed by atoms with van der Waals surface area (Å²) in [7, 11) is 0. The topological polar surface area (TPSA) is 77.6 Å². The molecule has 5 nitrogen and oxygen atoms in total. The summed E-state index contributed by atoms with van der Waals surface area (Å²) >= 11 is 1.31. The number of hydrogen-bond acceptors (Lipinski definition) is 6. The molecule has 0 aliphatic carbocycles. The second-order valence-electron chi connectivity index (χ2n) is 3.23. The van der Waals surface area contributed by atoms with Crippen molar-refractivity contribution < 1.29 is 0 Å². The molecule has 0 aliphatic rings. The van der Waals surface area contributed by atoms with E-state index in [1.165, 1.54) is 11.3 Å². The van der Waals surface area contributed by atoms with Crippen molar-refractivity contribution in [3.8, 4) is 10.7 Å². The highest BCUT2D eigenvalue weighted by molar-refractivity contribution is 7.18. The Morgan fingerprint density at radius 3 is 2.75 bits per heavy atom. The summed E-state index contributed by atoms with van der Waals surface area (Å²) in [5.74, 6) is 0. The maximum atomic E-state index is 5.56. The second-order valence-corrected chi connectivity index (χ2v) is 4.23. The van der Waals surface area contributed by atoms with Crippen LogP contribution in [0.25, 0.3) is 21.5 Å². The van der Waals surface area contributed by atoms with Crippen molar-refractivity contribution in [1.82, 2.24) is 20.4 Å². The van der Waals surface area contributed by atoms with Crippen LogP contribution < -0.4 is 5.73 Å². The maximum Gasteiger partial charge on any atom is 0.203 e. The van der Waals surface area contributed by atoms with Crippen LogP contribution in [0.15, 0.2) is 30.5 Å². The van der Waals surface area contributed by atoms with Gasteiger partial charge in [0.1, 0.15) is 5.69 Å². The number of hydrogen-bond donors (Lipinski definition) is 1. The molecule has 78 valence electrons. The highest BCUT2D eigenvalue weighted by Crippen LogP contribution is 2.28. The first-order valence-corrected chi connectivity index (χ1v) is 5.46. The van der Waals surface area contributed by atoms with Gasteiger partial charge < -0.3 is 5.73 Å². The molecule has 0 bridgehead atoms. The van der Waals surface area contributed by atoms with Gasteiger partial charge in [0, 0.05) is 10.8 Å². The third-order valence-corrected chi connectivity index (χ3v) is 2.97. The lowest BCUT2D eigenvalue weighted by Crippen LogP contribution is -1.88. The fraction of sp³-hybridized carbons (Fsp3) is 0. The molecule has 0 aliphatic heterocycles. The number of rotatable bonds is 1. The minimum absolute atomic E-state index is 0.435. The van der Waals surface area contributed by atoms with Crippen molar-refractivity contribution >= 4 is 27.2 Å². The lowest BCUT2D eigenvalue weighted by Gasteiger charge is -1.99. The lowest BCUT2D eigenvalue weighted by molar-refractivity contribution is 1.03. The van der Waals surface area contributed by atoms with E-state index in [-0.39, 0.29) is 0 Å². The number of nitrogens with two attached hydrogens (primary N) is 1. The van der Waals surface area contributed by atoms with Crippen LogP contribution in [0.3, 0.4) is 0 Å². The standard InChI is InChI=1S/C10H7N5S/c11-10-15-14-9(16-10)8-7-4-2-1-3-6(7)5-12-13-8/h1-5H,(H2,11,15). The van der Waals surface area contributed by atoms with Gasteiger partial charge in [0.2, 0.25) is 5.13 Å². The predicted molar refractivity (Wildman–Crippen MR) is 62.9 cm³/mol. The molecule has 0 saturated heterocycles. The highest BCUT2D eigenvalue weighted by Gasteiger charge is 2.10. The van der Waals surface area contributed by atoms with Crippen molar-refractivity contribution in [3.63, 3.8) is 0 Å². The zero-order chi connectivity index (χ0) is 11.0. The van der Waals surface area contributed by atoms with Crippen LogP contribution >= 0.6 is 11.3 Å². The lowest BCUT2D eigenvalue weighted by atomic mass is 10.1. The van der Waals surface area contributed by atoms with Crippen LogP contribution in [0.1, 0.15) is 0 Å². The van der Waals surface area contributed by atoms with Crippen LogP contribution in [0.5, 0.6) is 0 Å². The Balaban J connectivity index is 2.31. The molecule has 0 spiro atoms. The first-order chi connectivity index (χ1) is 7.84. The molecular formula is C10H7N5S. The van der Waals surface area contributed by atoms with Gasteiger partial charge in [0.15, 0.2) is 5.01 Å². The molecule has 0 radical (unpaired) electrons. The summed E-state index contributed by atoms with van der Waals surface area (Å²) in [6, 6.07) is 7.88. The summed E-state index contributed by atoms with van der Waals surface area (Å²) in [5.41, 5.74) is 6.29.